The van der Waals surface area contributed by atoms with Crippen molar-refractivity contribution >= 4 is 63.2 Å². The van der Waals surface area contributed by atoms with Crippen LogP contribution < -0.4 is 0 Å². The number of halogens is 4. The van der Waals surface area contributed by atoms with Gasteiger partial charge in [0.25, 0.3) is 3.79 Å². The summed E-state index contributed by atoms with van der Waals surface area (Å²) in [7, 11) is 0. The summed E-state index contributed by atoms with van der Waals surface area (Å²) in [6.45, 7) is 0. The number of hydrogen-bond acceptors (Lipinski definition) is 2. The molecule has 0 unspecified atom stereocenters. The molecule has 16 heavy (non-hydrogen) atoms. The van der Waals surface area contributed by atoms with Crippen molar-refractivity contribution in [3.05, 3.63) is 29.0 Å². The van der Waals surface area contributed by atoms with Gasteiger partial charge in [-0.05, 0) is 12.1 Å². The van der Waals surface area contributed by atoms with Crippen molar-refractivity contribution in [1.82, 2.24) is 9.97 Å². The van der Waals surface area contributed by atoms with Gasteiger partial charge in [0, 0.05) is 17.1 Å². The zero-order chi connectivity index (χ0) is 11.9. The number of fused-ring (bicyclic) bond motifs is 1. The first-order valence-electron chi connectivity index (χ1n) is 4.15. The standard InChI is InChI=1S/C9H4Cl4N2O/c10-6-2-1-4-5(3-14-8(4)15-6)7(16)9(11,12)13/h1-3H,(H,14,15). The Bertz CT molecular complexity index is 558. The second kappa shape index (κ2) is 4.08. The number of aromatic nitrogens is 2. The van der Waals surface area contributed by atoms with Gasteiger partial charge in [0.15, 0.2) is 0 Å². The molecular formula is C9H4Cl4N2O. The fourth-order valence-corrected chi connectivity index (χ4v) is 1.77. The van der Waals surface area contributed by atoms with Gasteiger partial charge < -0.3 is 4.98 Å². The van der Waals surface area contributed by atoms with Crippen LogP contribution in [0.5, 0.6) is 0 Å². The average Bonchev–Trinajstić information content (AvgIpc) is 2.57. The topological polar surface area (TPSA) is 45.8 Å². The van der Waals surface area contributed by atoms with E-state index in [4.69, 9.17) is 46.4 Å². The number of hydrogen-bond donors (Lipinski definition) is 1. The molecule has 2 aromatic heterocycles. The number of nitrogens with zero attached hydrogens (tertiary/aromatic N) is 1. The van der Waals surface area contributed by atoms with Crippen LogP contribution >= 0.6 is 46.4 Å². The maximum Gasteiger partial charge on any atom is 0.253 e. The van der Waals surface area contributed by atoms with Crippen molar-refractivity contribution in [2.24, 2.45) is 0 Å². The Hall–Kier alpha value is -0.480. The summed E-state index contributed by atoms with van der Waals surface area (Å²) in [5.74, 6) is -0.604. The van der Waals surface area contributed by atoms with Gasteiger partial charge in [-0.2, -0.15) is 0 Å². The molecule has 0 fully saturated rings. The molecule has 3 nitrogen and oxygen atoms in total. The second-order valence-corrected chi connectivity index (χ2v) is 5.73. The predicted octanol–water partition coefficient (Wildman–Crippen LogP) is 3.77. The third kappa shape index (κ3) is 2.13. The van der Waals surface area contributed by atoms with Crippen LogP contribution in [0.4, 0.5) is 0 Å². The van der Waals surface area contributed by atoms with Crippen molar-refractivity contribution in [1.29, 1.82) is 0 Å². The Morgan fingerprint density at radius 3 is 2.62 bits per heavy atom. The van der Waals surface area contributed by atoms with E-state index in [9.17, 15) is 4.79 Å². The van der Waals surface area contributed by atoms with Crippen molar-refractivity contribution < 1.29 is 4.79 Å². The number of pyridine rings is 1. The van der Waals surface area contributed by atoms with Crippen molar-refractivity contribution in [2.45, 2.75) is 3.79 Å². The Balaban J connectivity index is 2.59. The third-order valence-corrected chi connectivity index (χ3v) is 2.73. The monoisotopic (exact) mass is 296 g/mol. The molecule has 2 rings (SSSR count). The lowest BCUT2D eigenvalue weighted by atomic mass is 10.1. The van der Waals surface area contributed by atoms with Crippen LogP contribution in [-0.4, -0.2) is 19.5 Å². The molecule has 0 aromatic carbocycles. The summed E-state index contributed by atoms with van der Waals surface area (Å²) < 4.78 is -1.98. The van der Waals surface area contributed by atoms with Gasteiger partial charge in [0.1, 0.15) is 10.8 Å². The zero-order valence-electron chi connectivity index (χ0n) is 7.60. The molecule has 0 aliphatic heterocycles. The third-order valence-electron chi connectivity index (χ3n) is 2.01. The number of ketones is 1. The summed E-state index contributed by atoms with van der Waals surface area (Å²) in [4.78, 5) is 18.5. The second-order valence-electron chi connectivity index (χ2n) is 3.06. The van der Waals surface area contributed by atoms with Crippen LogP contribution in [0.2, 0.25) is 5.15 Å². The zero-order valence-corrected chi connectivity index (χ0v) is 10.6. The summed E-state index contributed by atoms with van der Waals surface area (Å²) >= 11 is 22.3. The van der Waals surface area contributed by atoms with E-state index in [1.807, 2.05) is 0 Å². The van der Waals surface area contributed by atoms with Gasteiger partial charge >= 0.3 is 0 Å². The van der Waals surface area contributed by atoms with Crippen LogP contribution in [0.15, 0.2) is 18.3 Å². The van der Waals surface area contributed by atoms with Gasteiger partial charge in [-0.3, -0.25) is 4.79 Å². The van der Waals surface area contributed by atoms with Gasteiger partial charge in [0.05, 0.1) is 0 Å². The molecule has 1 N–H and O–H groups in total. The highest BCUT2D eigenvalue weighted by Gasteiger charge is 2.33. The van der Waals surface area contributed by atoms with Crippen LogP contribution in [0.1, 0.15) is 10.4 Å². The van der Waals surface area contributed by atoms with E-state index >= 15 is 0 Å². The number of nitrogens with one attached hydrogen (secondary N) is 1. The van der Waals surface area contributed by atoms with E-state index in [2.05, 4.69) is 9.97 Å². The van der Waals surface area contributed by atoms with Crippen LogP contribution in [0, 0.1) is 0 Å². The molecule has 0 atom stereocenters. The maximum atomic E-state index is 11.7. The average molecular weight is 298 g/mol. The molecule has 2 aromatic rings. The molecule has 0 saturated heterocycles. The highest BCUT2D eigenvalue weighted by molar-refractivity contribution is 6.77. The van der Waals surface area contributed by atoms with E-state index < -0.39 is 9.58 Å². The maximum absolute atomic E-state index is 11.7. The number of carbonyl (C=O) groups excluding carboxylic acids is 1. The van der Waals surface area contributed by atoms with E-state index in [1.54, 1.807) is 12.1 Å². The Morgan fingerprint density at radius 1 is 1.31 bits per heavy atom. The van der Waals surface area contributed by atoms with Crippen molar-refractivity contribution in [3.63, 3.8) is 0 Å². The minimum absolute atomic E-state index is 0.277. The molecule has 2 heterocycles. The van der Waals surface area contributed by atoms with Crippen LogP contribution in [0.25, 0.3) is 11.0 Å². The van der Waals surface area contributed by atoms with Crippen LogP contribution in [-0.2, 0) is 0 Å². The van der Waals surface area contributed by atoms with Crippen LogP contribution in [0.3, 0.4) is 0 Å². The van der Waals surface area contributed by atoms with E-state index in [0.717, 1.165) is 0 Å². The van der Waals surface area contributed by atoms with E-state index in [1.165, 1.54) is 6.20 Å². The smallest absolute Gasteiger partial charge is 0.253 e. The first-order valence-corrected chi connectivity index (χ1v) is 5.66. The summed E-state index contributed by atoms with van der Waals surface area (Å²) in [5, 5.41) is 0.892. The predicted molar refractivity (Wildman–Crippen MR) is 65.7 cm³/mol. The molecule has 0 amide bonds. The van der Waals surface area contributed by atoms with Crippen molar-refractivity contribution in [2.75, 3.05) is 0 Å². The lowest BCUT2D eigenvalue weighted by Crippen LogP contribution is -2.18. The molecule has 0 spiro atoms. The molecule has 0 saturated carbocycles. The first kappa shape index (κ1) is 12.0. The molecular weight excluding hydrogens is 294 g/mol. The Labute approximate surface area is 111 Å². The summed E-state index contributed by atoms with van der Waals surface area (Å²) in [6.07, 6.45) is 1.44. The lowest BCUT2D eigenvalue weighted by molar-refractivity contribution is 0.0998. The summed E-state index contributed by atoms with van der Waals surface area (Å²) in [6, 6.07) is 3.21. The SMILES string of the molecule is O=C(c1c[nH]c2nc(Cl)ccc12)C(Cl)(Cl)Cl. The van der Waals surface area contributed by atoms with E-state index in [0.29, 0.717) is 16.2 Å². The largest absolute Gasteiger partial charge is 0.345 e. The molecule has 7 heteroatoms. The fraction of sp³-hybridized carbons (Fsp3) is 0.111. The number of rotatable bonds is 1. The molecule has 0 aliphatic rings. The normalized spacial score (nSPS) is 12.0. The van der Waals surface area contributed by atoms with Gasteiger partial charge in [-0.1, -0.05) is 46.4 Å². The molecule has 0 aliphatic carbocycles. The van der Waals surface area contributed by atoms with E-state index in [-0.39, 0.29) is 5.56 Å². The highest BCUT2D eigenvalue weighted by atomic mass is 35.6. The number of Topliss-reactive ketones (excluding diaryl/α,β-unsaturated/α-hetero) is 1. The minimum Gasteiger partial charge on any atom is -0.345 e. The Morgan fingerprint density at radius 2 is 2.00 bits per heavy atom. The molecule has 0 radical (unpaired) electrons. The first-order chi connectivity index (χ1) is 7.39. The lowest BCUT2D eigenvalue weighted by Gasteiger charge is -2.07. The summed E-state index contributed by atoms with van der Waals surface area (Å²) in [5.41, 5.74) is 0.754. The Kier molecular flexibility index (Phi) is 3.05. The molecule has 0 bridgehead atoms. The number of aromatic amines is 1. The molecule has 84 valence electrons. The van der Waals surface area contributed by atoms with Gasteiger partial charge in [-0.15, -0.1) is 0 Å². The van der Waals surface area contributed by atoms with Gasteiger partial charge in [0.2, 0.25) is 5.78 Å². The highest BCUT2D eigenvalue weighted by Crippen LogP contribution is 2.32. The number of alkyl halides is 3. The van der Waals surface area contributed by atoms with Crippen molar-refractivity contribution in [3.8, 4) is 0 Å². The minimum atomic E-state index is -1.98. The quantitative estimate of drug-likeness (QED) is 0.495. The number of carbonyl (C=O) groups is 1. The fourth-order valence-electron chi connectivity index (χ4n) is 1.32. The number of H-pyrrole nitrogens is 1. The van der Waals surface area contributed by atoms with Gasteiger partial charge in [-0.25, -0.2) is 4.98 Å².